The van der Waals surface area contributed by atoms with E-state index in [0.29, 0.717) is 22.8 Å². The fraction of sp³-hybridized carbons (Fsp3) is 0.0800. The molecule has 0 aliphatic carbocycles. The van der Waals surface area contributed by atoms with E-state index in [1.54, 1.807) is 24.3 Å². The molecule has 5 N–H and O–H groups in total. The number of anilines is 1. The van der Waals surface area contributed by atoms with Gasteiger partial charge in [-0.05, 0) is 53.1 Å². The van der Waals surface area contributed by atoms with Crippen LogP contribution >= 0.6 is 0 Å². The second-order valence-electron chi connectivity index (χ2n) is 7.79. The summed E-state index contributed by atoms with van der Waals surface area (Å²) in [5.41, 5.74) is 11.0. The van der Waals surface area contributed by atoms with Gasteiger partial charge in [-0.25, -0.2) is 9.07 Å². The second-order valence-corrected chi connectivity index (χ2v) is 7.79. The Morgan fingerprint density at radius 2 is 1.64 bits per heavy atom. The monoisotopic (exact) mass is 497 g/mol. The van der Waals surface area contributed by atoms with Crippen molar-refractivity contribution in [3.63, 3.8) is 0 Å². The third kappa shape index (κ3) is 5.10. The lowest BCUT2D eigenvalue weighted by Crippen LogP contribution is -2.18. The minimum absolute atomic E-state index is 0.131. The van der Waals surface area contributed by atoms with Crippen molar-refractivity contribution in [3.8, 4) is 16.8 Å². The van der Waals surface area contributed by atoms with Gasteiger partial charge in [-0.1, -0.05) is 30.3 Å². The quantitative estimate of drug-likeness (QED) is 0.340. The zero-order valence-electron chi connectivity index (χ0n) is 18.5. The van der Waals surface area contributed by atoms with E-state index in [2.05, 4.69) is 10.4 Å². The molecule has 2 amide bonds. The van der Waals surface area contributed by atoms with Crippen molar-refractivity contribution >= 4 is 17.5 Å². The van der Waals surface area contributed by atoms with Crippen LogP contribution in [0.4, 0.5) is 23.2 Å². The number of nitrogens with two attached hydrogens (primary N) is 2. The summed E-state index contributed by atoms with van der Waals surface area (Å²) in [6.45, 7) is 0.131. The number of benzene rings is 3. The summed E-state index contributed by atoms with van der Waals surface area (Å²) in [5, 5.41) is 5.85. The van der Waals surface area contributed by atoms with Crippen LogP contribution in [0, 0.1) is 5.82 Å². The largest absolute Gasteiger partial charge is 0.435 e. The van der Waals surface area contributed by atoms with Crippen LogP contribution in [0.3, 0.4) is 0 Å². The summed E-state index contributed by atoms with van der Waals surface area (Å²) in [5.74, 6) is -2.41. The van der Waals surface area contributed by atoms with Crippen molar-refractivity contribution in [2.45, 2.75) is 12.7 Å². The Morgan fingerprint density at radius 3 is 2.25 bits per heavy atom. The highest BCUT2D eigenvalue weighted by Crippen LogP contribution is 2.30. The third-order valence-electron chi connectivity index (χ3n) is 5.34. The predicted octanol–water partition coefficient (Wildman–Crippen LogP) is 4.51. The number of carbonyl (C=O) groups is 2. The van der Waals surface area contributed by atoms with Gasteiger partial charge in [-0.3, -0.25) is 9.59 Å². The Labute approximate surface area is 202 Å². The first-order valence-corrected chi connectivity index (χ1v) is 10.5. The number of halogens is 4. The zero-order valence-corrected chi connectivity index (χ0v) is 18.5. The van der Waals surface area contributed by atoms with Gasteiger partial charge in [0, 0.05) is 18.2 Å². The number of rotatable bonds is 6. The summed E-state index contributed by atoms with van der Waals surface area (Å²) in [4.78, 5) is 24.2. The molecule has 0 aliphatic rings. The minimum atomic E-state index is -4.80. The van der Waals surface area contributed by atoms with Crippen LogP contribution < -0.4 is 16.8 Å². The molecule has 0 spiro atoms. The number of primary amides is 1. The first-order valence-electron chi connectivity index (χ1n) is 10.5. The zero-order chi connectivity index (χ0) is 26.0. The fourth-order valence-corrected chi connectivity index (χ4v) is 3.50. The molecule has 1 heterocycles. The lowest BCUT2D eigenvalue weighted by molar-refractivity contribution is -0.141. The highest BCUT2D eigenvalue weighted by atomic mass is 19.4. The first-order chi connectivity index (χ1) is 17.1. The molecule has 3 aromatic carbocycles. The van der Waals surface area contributed by atoms with Crippen molar-refractivity contribution < 1.29 is 27.2 Å². The van der Waals surface area contributed by atoms with E-state index in [4.69, 9.17) is 11.5 Å². The van der Waals surface area contributed by atoms with Gasteiger partial charge in [-0.2, -0.15) is 18.3 Å². The SMILES string of the molecule is NCc1cccc(-n2nc(C(F)(F)F)cc2C(=O)Nc2ccc(-c3ccc(C(N)=O)cc3)cc2F)c1. The molecule has 0 saturated heterocycles. The summed E-state index contributed by atoms with van der Waals surface area (Å²) in [6, 6.07) is 16.9. The predicted molar refractivity (Wildman–Crippen MR) is 125 cm³/mol. The van der Waals surface area contributed by atoms with Crippen molar-refractivity contribution in [3.05, 3.63) is 101 Å². The van der Waals surface area contributed by atoms with E-state index in [1.165, 1.54) is 36.4 Å². The topological polar surface area (TPSA) is 116 Å². The lowest BCUT2D eigenvalue weighted by Gasteiger charge is -2.11. The number of aromatic nitrogens is 2. The molecule has 0 bridgehead atoms. The first kappa shape index (κ1) is 24.6. The number of alkyl halides is 3. The maximum Gasteiger partial charge on any atom is 0.435 e. The molecular formula is C25H19F4N5O2. The highest BCUT2D eigenvalue weighted by Gasteiger charge is 2.36. The van der Waals surface area contributed by atoms with Gasteiger partial charge in [0.05, 0.1) is 11.4 Å². The van der Waals surface area contributed by atoms with E-state index in [9.17, 15) is 27.2 Å². The standard InChI is InChI=1S/C25H19F4N5O2/c26-19-11-17(15-4-6-16(7-5-15)23(31)35)8-9-20(19)32-24(36)21-12-22(25(27,28)29)33-34(21)18-3-1-2-14(10-18)13-30/h1-12H,13,30H2,(H2,31,35)(H,32,36). The Morgan fingerprint density at radius 1 is 0.944 bits per heavy atom. The Bertz CT molecular complexity index is 1450. The summed E-state index contributed by atoms with van der Waals surface area (Å²) in [7, 11) is 0. The van der Waals surface area contributed by atoms with E-state index in [1.807, 2.05) is 0 Å². The Hall–Kier alpha value is -4.51. The molecule has 11 heteroatoms. The van der Waals surface area contributed by atoms with Gasteiger partial charge in [-0.15, -0.1) is 0 Å². The molecule has 4 aromatic rings. The fourth-order valence-electron chi connectivity index (χ4n) is 3.50. The summed E-state index contributed by atoms with van der Waals surface area (Å²) >= 11 is 0. The van der Waals surface area contributed by atoms with Crippen LogP contribution in [0.1, 0.15) is 32.1 Å². The van der Waals surface area contributed by atoms with Gasteiger partial charge in [0.25, 0.3) is 5.91 Å². The molecule has 0 aliphatic heterocycles. The molecule has 0 saturated carbocycles. The summed E-state index contributed by atoms with van der Waals surface area (Å²) in [6.07, 6.45) is -4.80. The maximum atomic E-state index is 14.8. The molecule has 0 fully saturated rings. The van der Waals surface area contributed by atoms with Crippen LogP contribution in [0.5, 0.6) is 0 Å². The van der Waals surface area contributed by atoms with Crippen molar-refractivity contribution in [1.82, 2.24) is 9.78 Å². The number of hydrogen-bond acceptors (Lipinski definition) is 4. The number of hydrogen-bond donors (Lipinski definition) is 3. The molecule has 184 valence electrons. The summed E-state index contributed by atoms with van der Waals surface area (Å²) < 4.78 is 55.7. The smallest absolute Gasteiger partial charge is 0.366 e. The van der Waals surface area contributed by atoms with Crippen LogP contribution in [0.15, 0.2) is 72.8 Å². The van der Waals surface area contributed by atoms with Gasteiger partial charge in [0.15, 0.2) is 5.69 Å². The third-order valence-corrected chi connectivity index (χ3v) is 5.34. The molecule has 4 rings (SSSR count). The molecule has 36 heavy (non-hydrogen) atoms. The van der Waals surface area contributed by atoms with Gasteiger partial charge < -0.3 is 16.8 Å². The number of amides is 2. The Kier molecular flexibility index (Phi) is 6.58. The average molecular weight is 497 g/mol. The normalized spacial score (nSPS) is 11.4. The van der Waals surface area contributed by atoms with Crippen molar-refractivity contribution in [1.29, 1.82) is 0 Å². The van der Waals surface area contributed by atoms with Crippen LogP contribution in [-0.2, 0) is 12.7 Å². The number of nitrogens with zero attached hydrogens (tertiary/aromatic N) is 2. The van der Waals surface area contributed by atoms with Crippen LogP contribution in [-0.4, -0.2) is 21.6 Å². The van der Waals surface area contributed by atoms with E-state index < -0.39 is 35.2 Å². The minimum Gasteiger partial charge on any atom is -0.366 e. The number of nitrogens with one attached hydrogen (secondary N) is 1. The van der Waals surface area contributed by atoms with E-state index >= 15 is 0 Å². The maximum absolute atomic E-state index is 14.8. The number of carbonyl (C=O) groups excluding carboxylic acids is 2. The van der Waals surface area contributed by atoms with Crippen LogP contribution in [0.2, 0.25) is 0 Å². The van der Waals surface area contributed by atoms with E-state index in [-0.39, 0.29) is 23.5 Å². The highest BCUT2D eigenvalue weighted by molar-refractivity contribution is 6.03. The molecule has 0 unspecified atom stereocenters. The van der Waals surface area contributed by atoms with Gasteiger partial charge in [0.2, 0.25) is 5.91 Å². The van der Waals surface area contributed by atoms with Gasteiger partial charge >= 0.3 is 6.18 Å². The van der Waals surface area contributed by atoms with Crippen molar-refractivity contribution in [2.24, 2.45) is 11.5 Å². The van der Waals surface area contributed by atoms with Gasteiger partial charge in [0.1, 0.15) is 11.5 Å². The van der Waals surface area contributed by atoms with Crippen molar-refractivity contribution in [2.75, 3.05) is 5.32 Å². The van der Waals surface area contributed by atoms with Crippen LogP contribution in [0.25, 0.3) is 16.8 Å². The lowest BCUT2D eigenvalue weighted by atomic mass is 10.0. The molecule has 1 aromatic heterocycles. The molecule has 0 atom stereocenters. The average Bonchev–Trinajstić information content (AvgIpc) is 3.32. The molecule has 0 radical (unpaired) electrons. The molecule has 7 nitrogen and oxygen atoms in total. The second kappa shape index (κ2) is 9.62. The van der Waals surface area contributed by atoms with E-state index in [0.717, 1.165) is 10.7 Å². The Balaban J connectivity index is 1.65. The molecular weight excluding hydrogens is 478 g/mol.